The van der Waals surface area contributed by atoms with Crippen molar-refractivity contribution in [2.75, 3.05) is 19.1 Å². The molecule has 1 aliphatic carbocycles. The molecular weight excluding hydrogens is 280 g/mol. The van der Waals surface area contributed by atoms with Crippen LogP contribution in [0.1, 0.15) is 49.8 Å². The highest BCUT2D eigenvalue weighted by atomic mass is 32.2. The summed E-state index contributed by atoms with van der Waals surface area (Å²) in [7, 11) is 1.47. The first-order valence-electron chi connectivity index (χ1n) is 7.92. The first-order chi connectivity index (χ1) is 9.99. The molecule has 4 atom stereocenters. The van der Waals surface area contributed by atoms with E-state index in [0.717, 1.165) is 5.75 Å². The summed E-state index contributed by atoms with van der Waals surface area (Å²) in [5.41, 5.74) is 2.59. The summed E-state index contributed by atoms with van der Waals surface area (Å²) in [6.07, 6.45) is 8.65. The highest BCUT2D eigenvalue weighted by Gasteiger charge is 2.29. The average molecular weight is 308 g/mol. The van der Waals surface area contributed by atoms with Gasteiger partial charge < -0.3 is 0 Å². The van der Waals surface area contributed by atoms with Gasteiger partial charge in [-0.2, -0.15) is 0 Å². The molecule has 1 saturated carbocycles. The van der Waals surface area contributed by atoms with Gasteiger partial charge >= 0.3 is 0 Å². The van der Waals surface area contributed by atoms with E-state index in [2.05, 4.69) is 36.8 Å². The quantitative estimate of drug-likeness (QED) is 0.838. The first kappa shape index (κ1) is 16.6. The van der Waals surface area contributed by atoms with Crippen molar-refractivity contribution < 1.29 is 4.21 Å². The van der Waals surface area contributed by atoms with Crippen molar-refractivity contribution in [2.45, 2.75) is 57.5 Å². The summed E-state index contributed by atoms with van der Waals surface area (Å²) in [4.78, 5) is 7.06. The Balaban J connectivity index is 2.04. The lowest BCUT2D eigenvalue weighted by Gasteiger charge is -2.38. The molecule has 0 aromatic carbocycles. The molecule has 1 aliphatic rings. The Labute approximate surface area is 131 Å². The fourth-order valence-corrected chi connectivity index (χ4v) is 4.44. The maximum Gasteiger partial charge on any atom is 0.0464 e. The van der Waals surface area contributed by atoms with Gasteiger partial charge in [-0.15, -0.1) is 0 Å². The summed E-state index contributed by atoms with van der Waals surface area (Å²) >= 11 is 0. The number of aryl methyl sites for hydroxylation is 1. The van der Waals surface area contributed by atoms with Crippen LogP contribution in [0.5, 0.6) is 0 Å². The van der Waals surface area contributed by atoms with Crippen molar-refractivity contribution >= 4 is 10.8 Å². The molecule has 3 nitrogen and oxygen atoms in total. The summed E-state index contributed by atoms with van der Waals surface area (Å²) in [6, 6.07) is 5.15. The van der Waals surface area contributed by atoms with Crippen molar-refractivity contribution in [1.29, 1.82) is 0 Å². The topological polar surface area (TPSA) is 33.2 Å². The molecule has 0 saturated heterocycles. The molecule has 1 aromatic rings. The SMILES string of the molecule is Cc1cccnc1[C@@H]1CCC[C@H](N(C)[C@@H](C)C[S@@](C)=O)C1. The fraction of sp³-hybridized carbons (Fsp3) is 0.706. The zero-order valence-corrected chi connectivity index (χ0v) is 14.5. The number of hydrogen-bond donors (Lipinski definition) is 0. The largest absolute Gasteiger partial charge is 0.300 e. The zero-order chi connectivity index (χ0) is 15.4. The predicted octanol–water partition coefficient (Wildman–Crippen LogP) is 3.12. The summed E-state index contributed by atoms with van der Waals surface area (Å²) in [6.45, 7) is 4.36. The second-order valence-electron chi connectivity index (χ2n) is 6.48. The van der Waals surface area contributed by atoms with E-state index in [1.807, 2.05) is 12.3 Å². The van der Waals surface area contributed by atoms with E-state index >= 15 is 0 Å². The van der Waals surface area contributed by atoms with Gasteiger partial charge in [-0.1, -0.05) is 12.5 Å². The van der Waals surface area contributed by atoms with Crippen LogP contribution in [0.15, 0.2) is 18.3 Å². The van der Waals surface area contributed by atoms with Crippen LogP contribution in [-0.2, 0) is 10.8 Å². The maximum atomic E-state index is 11.4. The van der Waals surface area contributed by atoms with Crippen molar-refractivity contribution in [3.63, 3.8) is 0 Å². The van der Waals surface area contributed by atoms with Gasteiger partial charge in [0.05, 0.1) is 0 Å². The van der Waals surface area contributed by atoms with E-state index in [4.69, 9.17) is 0 Å². The van der Waals surface area contributed by atoms with Crippen LogP contribution in [0, 0.1) is 6.92 Å². The Morgan fingerprint density at radius 1 is 1.48 bits per heavy atom. The standard InChI is InChI=1S/C17H28N2OS/c1-13-7-6-10-18-17(13)15-8-5-9-16(11-15)19(3)14(2)12-21(4)20/h6-7,10,14-16H,5,8-9,11-12H2,1-4H3/t14-,15+,16-,21+/m0/s1. The Morgan fingerprint density at radius 2 is 2.24 bits per heavy atom. The molecule has 1 aromatic heterocycles. The molecule has 1 fully saturated rings. The highest BCUT2D eigenvalue weighted by molar-refractivity contribution is 7.84. The lowest BCUT2D eigenvalue weighted by atomic mass is 9.81. The van der Waals surface area contributed by atoms with Crippen LogP contribution in [0.4, 0.5) is 0 Å². The number of nitrogens with zero attached hydrogens (tertiary/aromatic N) is 2. The molecule has 0 unspecified atom stereocenters. The van der Waals surface area contributed by atoms with Gasteiger partial charge in [-0.05, 0) is 51.8 Å². The van der Waals surface area contributed by atoms with Gasteiger partial charge in [0.25, 0.3) is 0 Å². The fourth-order valence-electron chi connectivity index (χ4n) is 3.52. The molecule has 1 heterocycles. The van der Waals surface area contributed by atoms with Crippen molar-refractivity contribution in [3.8, 4) is 0 Å². The maximum absolute atomic E-state index is 11.4. The first-order valence-corrected chi connectivity index (χ1v) is 9.65. The van der Waals surface area contributed by atoms with E-state index in [-0.39, 0.29) is 0 Å². The van der Waals surface area contributed by atoms with Crippen molar-refractivity contribution in [1.82, 2.24) is 9.88 Å². The third kappa shape index (κ3) is 4.36. The average Bonchev–Trinajstić information content (AvgIpc) is 2.46. The van der Waals surface area contributed by atoms with Crippen LogP contribution in [0.3, 0.4) is 0 Å². The molecule has 0 radical (unpaired) electrons. The Kier molecular flexibility index (Phi) is 5.94. The summed E-state index contributed by atoms with van der Waals surface area (Å²) < 4.78 is 11.4. The normalized spacial score (nSPS) is 25.8. The Morgan fingerprint density at radius 3 is 2.90 bits per heavy atom. The Hall–Kier alpha value is -0.740. The molecule has 21 heavy (non-hydrogen) atoms. The summed E-state index contributed by atoms with van der Waals surface area (Å²) in [5.74, 6) is 1.34. The lowest BCUT2D eigenvalue weighted by molar-refractivity contribution is 0.146. The molecule has 0 amide bonds. The van der Waals surface area contributed by atoms with Crippen LogP contribution >= 0.6 is 0 Å². The second-order valence-corrected chi connectivity index (χ2v) is 7.96. The minimum atomic E-state index is -0.723. The number of aromatic nitrogens is 1. The predicted molar refractivity (Wildman–Crippen MR) is 90.1 cm³/mol. The molecule has 118 valence electrons. The minimum absolute atomic E-state index is 0.379. The monoisotopic (exact) mass is 308 g/mol. The number of pyridine rings is 1. The van der Waals surface area contributed by atoms with E-state index in [9.17, 15) is 4.21 Å². The molecule has 0 N–H and O–H groups in total. The van der Waals surface area contributed by atoms with Crippen LogP contribution < -0.4 is 0 Å². The van der Waals surface area contributed by atoms with Crippen LogP contribution in [-0.4, -0.2) is 45.2 Å². The second kappa shape index (κ2) is 7.50. The zero-order valence-electron chi connectivity index (χ0n) is 13.7. The van der Waals surface area contributed by atoms with Gasteiger partial charge in [0.2, 0.25) is 0 Å². The molecular formula is C17H28N2OS. The van der Waals surface area contributed by atoms with E-state index < -0.39 is 10.8 Å². The third-order valence-electron chi connectivity index (χ3n) is 4.83. The van der Waals surface area contributed by atoms with Gasteiger partial charge in [0, 0.05) is 52.7 Å². The third-order valence-corrected chi connectivity index (χ3v) is 5.78. The van der Waals surface area contributed by atoms with Crippen LogP contribution in [0.2, 0.25) is 0 Å². The molecule has 0 bridgehead atoms. The van der Waals surface area contributed by atoms with Gasteiger partial charge in [-0.3, -0.25) is 14.1 Å². The van der Waals surface area contributed by atoms with E-state index in [1.54, 1.807) is 6.26 Å². The van der Waals surface area contributed by atoms with Crippen LogP contribution in [0.25, 0.3) is 0 Å². The number of rotatable bonds is 5. The van der Waals surface area contributed by atoms with E-state index in [0.29, 0.717) is 18.0 Å². The van der Waals surface area contributed by atoms with Gasteiger partial charge in [0.1, 0.15) is 0 Å². The smallest absolute Gasteiger partial charge is 0.0464 e. The van der Waals surface area contributed by atoms with Crippen molar-refractivity contribution in [3.05, 3.63) is 29.6 Å². The molecule has 2 rings (SSSR count). The van der Waals surface area contributed by atoms with E-state index in [1.165, 1.54) is 36.9 Å². The van der Waals surface area contributed by atoms with Gasteiger partial charge in [0.15, 0.2) is 0 Å². The summed E-state index contributed by atoms with van der Waals surface area (Å²) in [5, 5.41) is 0. The molecule has 0 aliphatic heterocycles. The molecule has 4 heteroatoms. The van der Waals surface area contributed by atoms with Crippen molar-refractivity contribution in [2.24, 2.45) is 0 Å². The minimum Gasteiger partial charge on any atom is -0.300 e. The highest BCUT2D eigenvalue weighted by Crippen LogP contribution is 2.35. The molecule has 0 spiro atoms. The van der Waals surface area contributed by atoms with Gasteiger partial charge in [-0.25, -0.2) is 0 Å². The lowest BCUT2D eigenvalue weighted by Crippen LogP contribution is -2.43. The number of hydrogen-bond acceptors (Lipinski definition) is 3. The Bertz CT molecular complexity index is 491.